The molecule has 1 fully saturated rings. The van der Waals surface area contributed by atoms with Crippen molar-refractivity contribution < 1.29 is 9.53 Å². The molecule has 1 aromatic rings. The van der Waals surface area contributed by atoms with Gasteiger partial charge >= 0.3 is 0 Å². The van der Waals surface area contributed by atoms with Crippen LogP contribution in [0, 0.1) is 5.92 Å². The van der Waals surface area contributed by atoms with E-state index in [2.05, 4.69) is 17.6 Å². The molecule has 2 N–H and O–H groups in total. The largest absolute Gasteiger partial charge is 0.496 e. The zero-order chi connectivity index (χ0) is 14.5. The molecule has 20 heavy (non-hydrogen) atoms. The van der Waals surface area contributed by atoms with Gasteiger partial charge in [0.05, 0.1) is 7.11 Å². The topological polar surface area (TPSA) is 50.4 Å². The van der Waals surface area contributed by atoms with Gasteiger partial charge in [-0.05, 0) is 38.4 Å². The van der Waals surface area contributed by atoms with E-state index in [1.54, 1.807) is 19.2 Å². The van der Waals surface area contributed by atoms with Crippen LogP contribution < -0.4 is 15.4 Å². The van der Waals surface area contributed by atoms with Gasteiger partial charge in [-0.2, -0.15) is 0 Å². The van der Waals surface area contributed by atoms with Crippen molar-refractivity contribution in [2.45, 2.75) is 32.4 Å². The fourth-order valence-electron chi connectivity index (χ4n) is 2.56. The molecule has 0 aromatic heterocycles. The molecule has 1 heterocycles. The maximum atomic E-state index is 12.2. The van der Waals surface area contributed by atoms with E-state index in [1.165, 1.54) is 0 Å². The lowest BCUT2D eigenvalue weighted by atomic mass is 9.92. The van der Waals surface area contributed by atoms with Gasteiger partial charge in [-0.3, -0.25) is 4.79 Å². The molecular formula is C15H21ClN2O2. The Labute approximate surface area is 124 Å². The number of methoxy groups -OCH3 is 1. The van der Waals surface area contributed by atoms with Crippen molar-refractivity contribution in [2.75, 3.05) is 13.7 Å². The summed E-state index contributed by atoms with van der Waals surface area (Å²) in [6.45, 7) is 3.49. The maximum absolute atomic E-state index is 12.2. The number of ether oxygens (including phenoxy) is 1. The Morgan fingerprint density at radius 1 is 1.55 bits per heavy atom. The average molecular weight is 297 g/mol. The van der Waals surface area contributed by atoms with Crippen LogP contribution in [0.15, 0.2) is 18.2 Å². The van der Waals surface area contributed by atoms with Crippen molar-refractivity contribution in [1.82, 2.24) is 10.6 Å². The minimum absolute atomic E-state index is 0.101. The van der Waals surface area contributed by atoms with Crippen LogP contribution in [0.5, 0.6) is 5.75 Å². The Hall–Kier alpha value is -1.26. The Morgan fingerprint density at radius 3 is 3.05 bits per heavy atom. The summed E-state index contributed by atoms with van der Waals surface area (Å²) in [6, 6.07) is 5.85. The molecule has 0 saturated carbocycles. The molecular weight excluding hydrogens is 276 g/mol. The van der Waals surface area contributed by atoms with Crippen LogP contribution in [-0.2, 0) is 11.3 Å². The first-order valence-electron chi connectivity index (χ1n) is 6.93. The van der Waals surface area contributed by atoms with Gasteiger partial charge in [0.1, 0.15) is 5.75 Å². The van der Waals surface area contributed by atoms with E-state index in [0.29, 0.717) is 23.4 Å². The van der Waals surface area contributed by atoms with Crippen LogP contribution in [0.25, 0.3) is 0 Å². The van der Waals surface area contributed by atoms with Gasteiger partial charge in [-0.15, -0.1) is 0 Å². The number of piperidine rings is 1. The summed E-state index contributed by atoms with van der Waals surface area (Å²) in [6.07, 6.45) is 1.79. The molecule has 1 saturated heterocycles. The molecule has 1 amide bonds. The van der Waals surface area contributed by atoms with Crippen LogP contribution in [0.2, 0.25) is 5.02 Å². The standard InChI is InChI=1S/C15H21ClN2O2/c1-10-7-11(5-6-17-10)15(19)18-9-12-3-4-13(16)8-14(12)20-2/h3-4,8,10-11,17H,5-7,9H2,1-2H3,(H,18,19)/t10-,11-/m0/s1. The number of carbonyl (C=O) groups is 1. The summed E-state index contributed by atoms with van der Waals surface area (Å²) < 4.78 is 5.28. The van der Waals surface area contributed by atoms with Crippen LogP contribution in [0.1, 0.15) is 25.3 Å². The predicted octanol–water partition coefficient (Wildman–Crippen LogP) is 2.35. The van der Waals surface area contributed by atoms with Gasteiger partial charge in [0, 0.05) is 29.1 Å². The predicted molar refractivity (Wildman–Crippen MR) is 80.0 cm³/mol. The Balaban J connectivity index is 1.93. The Morgan fingerprint density at radius 2 is 2.35 bits per heavy atom. The smallest absolute Gasteiger partial charge is 0.223 e. The lowest BCUT2D eigenvalue weighted by molar-refractivity contribution is -0.126. The first kappa shape index (κ1) is 15.1. The van der Waals surface area contributed by atoms with E-state index in [1.807, 2.05) is 6.07 Å². The monoisotopic (exact) mass is 296 g/mol. The minimum Gasteiger partial charge on any atom is -0.496 e. The van der Waals surface area contributed by atoms with Crippen LogP contribution >= 0.6 is 11.6 Å². The second-order valence-corrected chi connectivity index (χ2v) is 5.69. The normalized spacial score (nSPS) is 22.4. The number of benzene rings is 1. The number of halogens is 1. The van der Waals surface area contributed by atoms with Crippen molar-refractivity contribution in [3.8, 4) is 5.75 Å². The SMILES string of the molecule is COc1cc(Cl)ccc1CNC(=O)[C@H]1CCN[C@@H](C)C1. The fourth-order valence-corrected chi connectivity index (χ4v) is 2.72. The van der Waals surface area contributed by atoms with E-state index in [4.69, 9.17) is 16.3 Å². The summed E-state index contributed by atoms with van der Waals surface area (Å²) in [5.74, 6) is 0.927. The number of nitrogens with one attached hydrogen (secondary N) is 2. The highest BCUT2D eigenvalue weighted by atomic mass is 35.5. The number of carbonyl (C=O) groups excluding carboxylic acids is 1. The lowest BCUT2D eigenvalue weighted by Crippen LogP contribution is -2.42. The molecule has 0 bridgehead atoms. The number of amides is 1. The third-order valence-electron chi connectivity index (χ3n) is 3.70. The lowest BCUT2D eigenvalue weighted by Gasteiger charge is -2.27. The second kappa shape index (κ2) is 6.95. The zero-order valence-corrected chi connectivity index (χ0v) is 12.7. The maximum Gasteiger partial charge on any atom is 0.223 e. The van der Waals surface area contributed by atoms with Gasteiger partial charge in [0.25, 0.3) is 0 Å². The second-order valence-electron chi connectivity index (χ2n) is 5.25. The first-order chi connectivity index (χ1) is 9.60. The molecule has 4 nitrogen and oxygen atoms in total. The molecule has 5 heteroatoms. The molecule has 110 valence electrons. The third kappa shape index (κ3) is 3.87. The van der Waals surface area contributed by atoms with Crippen molar-refractivity contribution in [1.29, 1.82) is 0 Å². The van der Waals surface area contributed by atoms with Crippen LogP contribution in [0.4, 0.5) is 0 Å². The van der Waals surface area contributed by atoms with E-state index >= 15 is 0 Å². The van der Waals surface area contributed by atoms with E-state index in [9.17, 15) is 4.79 Å². The quantitative estimate of drug-likeness (QED) is 0.897. The van der Waals surface area contributed by atoms with E-state index in [-0.39, 0.29) is 11.8 Å². The summed E-state index contributed by atoms with van der Waals surface area (Å²) in [4.78, 5) is 12.2. The van der Waals surface area contributed by atoms with Crippen LogP contribution in [0.3, 0.4) is 0 Å². The van der Waals surface area contributed by atoms with Gasteiger partial charge in [0.15, 0.2) is 0 Å². The highest BCUT2D eigenvalue weighted by molar-refractivity contribution is 6.30. The van der Waals surface area contributed by atoms with Gasteiger partial charge in [-0.25, -0.2) is 0 Å². The average Bonchev–Trinajstić information content (AvgIpc) is 2.45. The number of hydrogen-bond acceptors (Lipinski definition) is 3. The van der Waals surface area contributed by atoms with Gasteiger partial charge in [0.2, 0.25) is 5.91 Å². The summed E-state index contributed by atoms with van der Waals surface area (Å²) >= 11 is 5.92. The molecule has 0 aliphatic carbocycles. The van der Waals surface area contributed by atoms with E-state index < -0.39 is 0 Å². The zero-order valence-electron chi connectivity index (χ0n) is 11.9. The third-order valence-corrected chi connectivity index (χ3v) is 3.93. The summed E-state index contributed by atoms with van der Waals surface area (Å²) in [5, 5.41) is 6.97. The molecule has 0 unspecified atom stereocenters. The summed E-state index contributed by atoms with van der Waals surface area (Å²) in [7, 11) is 1.60. The Bertz CT molecular complexity index is 479. The van der Waals surface area contributed by atoms with E-state index in [0.717, 1.165) is 24.9 Å². The molecule has 1 aromatic carbocycles. The molecule has 1 aliphatic heterocycles. The van der Waals surface area contributed by atoms with Crippen molar-refractivity contribution >= 4 is 17.5 Å². The van der Waals surface area contributed by atoms with Crippen molar-refractivity contribution in [2.24, 2.45) is 5.92 Å². The first-order valence-corrected chi connectivity index (χ1v) is 7.31. The highest BCUT2D eigenvalue weighted by Gasteiger charge is 2.24. The molecule has 1 aliphatic rings. The molecule has 2 rings (SSSR count). The van der Waals surface area contributed by atoms with Crippen molar-refractivity contribution in [3.05, 3.63) is 28.8 Å². The Kier molecular flexibility index (Phi) is 5.26. The minimum atomic E-state index is 0.101. The van der Waals surface area contributed by atoms with Gasteiger partial charge < -0.3 is 15.4 Å². The molecule has 0 radical (unpaired) electrons. The number of hydrogen-bond donors (Lipinski definition) is 2. The number of rotatable bonds is 4. The van der Waals surface area contributed by atoms with Crippen molar-refractivity contribution in [3.63, 3.8) is 0 Å². The van der Waals surface area contributed by atoms with Gasteiger partial charge in [-0.1, -0.05) is 17.7 Å². The molecule has 0 spiro atoms. The summed E-state index contributed by atoms with van der Waals surface area (Å²) in [5.41, 5.74) is 0.937. The van der Waals surface area contributed by atoms with Crippen LogP contribution in [-0.4, -0.2) is 25.6 Å². The fraction of sp³-hybridized carbons (Fsp3) is 0.533. The highest BCUT2D eigenvalue weighted by Crippen LogP contribution is 2.23. The molecule has 2 atom stereocenters.